The zero-order valence-corrected chi connectivity index (χ0v) is 12.2. The van der Waals surface area contributed by atoms with E-state index in [9.17, 15) is 4.79 Å². The zero-order chi connectivity index (χ0) is 14.8. The van der Waals surface area contributed by atoms with Crippen molar-refractivity contribution in [2.45, 2.75) is 31.8 Å². The minimum Gasteiger partial charge on any atom is -0.496 e. The van der Waals surface area contributed by atoms with Crippen LogP contribution in [0.25, 0.3) is 0 Å². The number of hydrogen-bond acceptors (Lipinski definition) is 4. The maximum atomic E-state index is 12.3. The molecule has 0 bridgehead atoms. The van der Waals surface area contributed by atoms with Gasteiger partial charge in [-0.25, -0.2) is 0 Å². The molecule has 1 amide bonds. The van der Waals surface area contributed by atoms with Crippen LogP contribution in [0.15, 0.2) is 18.2 Å². The highest BCUT2D eigenvalue weighted by Gasteiger charge is 2.38. The van der Waals surface area contributed by atoms with Gasteiger partial charge < -0.3 is 20.5 Å². The van der Waals surface area contributed by atoms with Gasteiger partial charge in [0.25, 0.3) is 0 Å². The average molecular weight is 278 g/mol. The Hall–Kier alpha value is -1.59. The Kier molecular flexibility index (Phi) is 4.30. The molecule has 1 aliphatic rings. The molecule has 1 fully saturated rings. The predicted octanol–water partition coefficient (Wildman–Crippen LogP) is 1.30. The summed E-state index contributed by atoms with van der Waals surface area (Å²) in [7, 11) is 1.62. The van der Waals surface area contributed by atoms with Crippen molar-refractivity contribution in [3.8, 4) is 5.75 Å². The Morgan fingerprint density at radius 1 is 1.55 bits per heavy atom. The number of carbonyl (C=O) groups is 1. The molecule has 0 aliphatic carbocycles. The van der Waals surface area contributed by atoms with Crippen LogP contribution in [0, 0.1) is 6.92 Å². The largest absolute Gasteiger partial charge is 0.496 e. The molecule has 1 saturated heterocycles. The summed E-state index contributed by atoms with van der Waals surface area (Å²) in [4.78, 5) is 12.3. The first kappa shape index (κ1) is 14.8. The van der Waals surface area contributed by atoms with Crippen LogP contribution < -0.4 is 15.8 Å². The maximum absolute atomic E-state index is 12.3. The summed E-state index contributed by atoms with van der Waals surface area (Å²) in [6.45, 7) is 4.74. The molecule has 0 aromatic heterocycles. The third kappa shape index (κ3) is 2.94. The molecule has 2 unspecified atom stereocenters. The van der Waals surface area contributed by atoms with E-state index in [-0.39, 0.29) is 18.6 Å². The van der Waals surface area contributed by atoms with Crippen LogP contribution in [0.2, 0.25) is 0 Å². The molecule has 2 atom stereocenters. The van der Waals surface area contributed by atoms with E-state index in [1.54, 1.807) is 7.11 Å². The summed E-state index contributed by atoms with van der Waals surface area (Å²) < 4.78 is 10.6. The zero-order valence-electron chi connectivity index (χ0n) is 12.2. The molecule has 5 heteroatoms. The number of amides is 1. The number of rotatable bonds is 4. The van der Waals surface area contributed by atoms with Crippen LogP contribution >= 0.6 is 0 Å². The lowest BCUT2D eigenvalue weighted by molar-refractivity contribution is -0.127. The van der Waals surface area contributed by atoms with Crippen LogP contribution in [0.4, 0.5) is 0 Å². The van der Waals surface area contributed by atoms with Crippen molar-refractivity contribution in [3.63, 3.8) is 0 Å². The minimum absolute atomic E-state index is 0.168. The van der Waals surface area contributed by atoms with Crippen LogP contribution in [0.1, 0.15) is 30.5 Å². The molecule has 0 spiro atoms. The highest BCUT2D eigenvalue weighted by atomic mass is 16.5. The second-order valence-electron chi connectivity index (χ2n) is 5.40. The topological polar surface area (TPSA) is 73.6 Å². The summed E-state index contributed by atoms with van der Waals surface area (Å²) in [6, 6.07) is 5.73. The molecule has 3 N–H and O–H groups in total. The molecule has 1 heterocycles. The number of nitrogens with one attached hydrogen (secondary N) is 1. The van der Waals surface area contributed by atoms with Gasteiger partial charge in [-0.3, -0.25) is 4.79 Å². The number of ether oxygens (including phenoxy) is 2. The van der Waals surface area contributed by atoms with Crippen LogP contribution in [-0.2, 0) is 9.53 Å². The molecular weight excluding hydrogens is 256 g/mol. The second-order valence-corrected chi connectivity index (χ2v) is 5.40. The van der Waals surface area contributed by atoms with Gasteiger partial charge in [0.1, 0.15) is 11.3 Å². The molecule has 5 nitrogen and oxygen atoms in total. The molecule has 0 radical (unpaired) electrons. The monoisotopic (exact) mass is 278 g/mol. The highest BCUT2D eigenvalue weighted by molar-refractivity contribution is 5.87. The summed E-state index contributed by atoms with van der Waals surface area (Å²) >= 11 is 0. The lowest BCUT2D eigenvalue weighted by Crippen LogP contribution is -2.54. The van der Waals surface area contributed by atoms with Crippen molar-refractivity contribution >= 4 is 5.91 Å². The predicted molar refractivity (Wildman–Crippen MR) is 76.6 cm³/mol. The summed E-state index contributed by atoms with van der Waals surface area (Å²) in [5.41, 5.74) is 7.22. The molecule has 1 aliphatic heterocycles. The third-order valence-corrected chi connectivity index (χ3v) is 3.70. The van der Waals surface area contributed by atoms with Crippen LogP contribution in [0.5, 0.6) is 5.75 Å². The Balaban J connectivity index is 2.13. The fourth-order valence-electron chi connectivity index (χ4n) is 2.37. The quantitative estimate of drug-likeness (QED) is 0.870. The standard InChI is InChI=1S/C15H22N2O3/c1-10-4-5-13(19-3)12(8-10)11(2)17-14(18)15(16)6-7-20-9-15/h4-5,8,11H,6-7,9,16H2,1-3H3,(H,17,18). The molecule has 110 valence electrons. The van der Waals surface area contributed by atoms with Crippen molar-refractivity contribution in [3.05, 3.63) is 29.3 Å². The molecule has 0 saturated carbocycles. The highest BCUT2D eigenvalue weighted by Crippen LogP contribution is 2.27. The van der Waals surface area contributed by atoms with E-state index >= 15 is 0 Å². The molecule has 1 aromatic rings. The van der Waals surface area contributed by atoms with E-state index in [2.05, 4.69) is 5.32 Å². The van der Waals surface area contributed by atoms with Crippen molar-refractivity contribution < 1.29 is 14.3 Å². The lowest BCUT2D eigenvalue weighted by Gasteiger charge is -2.25. The van der Waals surface area contributed by atoms with E-state index in [4.69, 9.17) is 15.2 Å². The first-order chi connectivity index (χ1) is 9.46. The first-order valence-corrected chi connectivity index (χ1v) is 6.78. The van der Waals surface area contributed by atoms with Crippen molar-refractivity contribution in [2.24, 2.45) is 5.73 Å². The van der Waals surface area contributed by atoms with Gasteiger partial charge in [0.2, 0.25) is 5.91 Å². The number of methoxy groups -OCH3 is 1. The second kappa shape index (κ2) is 5.81. The van der Waals surface area contributed by atoms with Crippen molar-refractivity contribution in [2.75, 3.05) is 20.3 Å². The van der Waals surface area contributed by atoms with E-state index < -0.39 is 5.54 Å². The minimum atomic E-state index is -0.911. The summed E-state index contributed by atoms with van der Waals surface area (Å²) in [5.74, 6) is 0.586. The normalized spacial score (nSPS) is 23.4. The molecule has 20 heavy (non-hydrogen) atoms. The lowest BCUT2D eigenvalue weighted by atomic mass is 9.97. The fraction of sp³-hybridized carbons (Fsp3) is 0.533. The van der Waals surface area contributed by atoms with Crippen LogP contribution in [-0.4, -0.2) is 31.8 Å². The number of aryl methyl sites for hydroxylation is 1. The fourth-order valence-corrected chi connectivity index (χ4v) is 2.37. The van der Waals surface area contributed by atoms with Gasteiger partial charge in [-0.15, -0.1) is 0 Å². The Bertz CT molecular complexity index is 496. The number of nitrogens with two attached hydrogens (primary N) is 1. The van der Waals surface area contributed by atoms with E-state index in [0.29, 0.717) is 13.0 Å². The Morgan fingerprint density at radius 3 is 2.90 bits per heavy atom. The number of carbonyl (C=O) groups excluding carboxylic acids is 1. The van der Waals surface area contributed by atoms with E-state index in [0.717, 1.165) is 16.9 Å². The SMILES string of the molecule is COc1ccc(C)cc1C(C)NC(=O)C1(N)CCOC1. The first-order valence-electron chi connectivity index (χ1n) is 6.78. The Morgan fingerprint density at radius 2 is 2.30 bits per heavy atom. The molecule has 1 aromatic carbocycles. The van der Waals surface area contributed by atoms with E-state index in [1.165, 1.54) is 0 Å². The van der Waals surface area contributed by atoms with Gasteiger partial charge in [-0.1, -0.05) is 17.7 Å². The Labute approximate surface area is 119 Å². The van der Waals surface area contributed by atoms with Crippen molar-refractivity contribution in [1.29, 1.82) is 0 Å². The smallest absolute Gasteiger partial charge is 0.243 e. The van der Waals surface area contributed by atoms with Gasteiger partial charge in [-0.05, 0) is 26.3 Å². The van der Waals surface area contributed by atoms with Gasteiger partial charge in [0, 0.05) is 12.2 Å². The third-order valence-electron chi connectivity index (χ3n) is 3.70. The summed E-state index contributed by atoms with van der Waals surface area (Å²) in [5, 5.41) is 2.96. The van der Waals surface area contributed by atoms with Crippen molar-refractivity contribution in [1.82, 2.24) is 5.32 Å². The van der Waals surface area contributed by atoms with Gasteiger partial charge >= 0.3 is 0 Å². The number of hydrogen-bond donors (Lipinski definition) is 2. The van der Waals surface area contributed by atoms with Gasteiger partial charge in [0.05, 0.1) is 19.8 Å². The molecular formula is C15H22N2O3. The molecule has 2 rings (SSSR count). The maximum Gasteiger partial charge on any atom is 0.243 e. The summed E-state index contributed by atoms with van der Waals surface area (Å²) in [6.07, 6.45) is 0.552. The number of benzene rings is 1. The van der Waals surface area contributed by atoms with Gasteiger partial charge in [0.15, 0.2) is 0 Å². The van der Waals surface area contributed by atoms with Crippen LogP contribution in [0.3, 0.4) is 0 Å². The van der Waals surface area contributed by atoms with E-state index in [1.807, 2.05) is 32.0 Å². The van der Waals surface area contributed by atoms with Gasteiger partial charge in [-0.2, -0.15) is 0 Å². The average Bonchev–Trinajstić information content (AvgIpc) is 2.87.